The van der Waals surface area contributed by atoms with Gasteiger partial charge in [0.15, 0.2) is 0 Å². The second-order valence-electron chi connectivity index (χ2n) is 6.40. The maximum absolute atomic E-state index is 12.2. The molecule has 5 nitrogen and oxygen atoms in total. The lowest BCUT2D eigenvalue weighted by atomic mass is 9.84. The largest absolute Gasteiger partial charge is 0.369 e. The van der Waals surface area contributed by atoms with Gasteiger partial charge in [-0.25, -0.2) is 0 Å². The zero-order valence-corrected chi connectivity index (χ0v) is 11.1. The molecule has 0 spiro atoms. The van der Waals surface area contributed by atoms with E-state index in [2.05, 4.69) is 5.32 Å². The standard InChI is InChI=1S/C13H23N3O2/c1-13(2,12(15)18)6-16-11(17)9-7-3-4-8(5-7)10(9)14/h7-10H,3-6,14H2,1-2H3,(H2,15,18)(H,16,17). The van der Waals surface area contributed by atoms with Crippen molar-refractivity contribution in [1.82, 2.24) is 5.32 Å². The van der Waals surface area contributed by atoms with Crippen LogP contribution in [0.2, 0.25) is 0 Å². The fourth-order valence-electron chi connectivity index (χ4n) is 3.24. The molecule has 2 saturated carbocycles. The summed E-state index contributed by atoms with van der Waals surface area (Å²) < 4.78 is 0. The summed E-state index contributed by atoms with van der Waals surface area (Å²) in [5.41, 5.74) is 10.7. The highest BCUT2D eigenvalue weighted by molar-refractivity contribution is 5.83. The fraction of sp³-hybridized carbons (Fsp3) is 0.846. The van der Waals surface area contributed by atoms with E-state index in [0.29, 0.717) is 11.8 Å². The van der Waals surface area contributed by atoms with Crippen LogP contribution in [0, 0.1) is 23.2 Å². The molecule has 2 amide bonds. The van der Waals surface area contributed by atoms with Crippen LogP contribution in [-0.4, -0.2) is 24.4 Å². The predicted molar refractivity (Wildman–Crippen MR) is 68.3 cm³/mol. The molecular weight excluding hydrogens is 230 g/mol. The molecule has 2 bridgehead atoms. The van der Waals surface area contributed by atoms with Crippen LogP contribution in [0.4, 0.5) is 0 Å². The molecule has 4 unspecified atom stereocenters. The zero-order valence-electron chi connectivity index (χ0n) is 11.1. The van der Waals surface area contributed by atoms with Gasteiger partial charge in [-0.1, -0.05) is 0 Å². The van der Waals surface area contributed by atoms with Crippen LogP contribution < -0.4 is 16.8 Å². The maximum Gasteiger partial charge on any atom is 0.225 e. The molecule has 2 fully saturated rings. The highest BCUT2D eigenvalue weighted by Gasteiger charge is 2.49. The molecule has 102 valence electrons. The molecule has 4 atom stereocenters. The number of nitrogens with two attached hydrogens (primary N) is 2. The molecule has 0 aromatic heterocycles. The average Bonchev–Trinajstić information content (AvgIpc) is 2.86. The SMILES string of the molecule is CC(C)(CNC(=O)C1C2CCC(C2)C1N)C(N)=O. The molecule has 0 saturated heterocycles. The van der Waals surface area contributed by atoms with Crippen molar-refractivity contribution < 1.29 is 9.59 Å². The number of fused-ring (bicyclic) bond motifs is 2. The predicted octanol–water partition coefficient (Wildman–Crippen LogP) is -0.0125. The Bertz CT molecular complexity index is 365. The normalized spacial score (nSPS) is 34.6. The van der Waals surface area contributed by atoms with Crippen molar-refractivity contribution in [3.63, 3.8) is 0 Å². The van der Waals surface area contributed by atoms with E-state index >= 15 is 0 Å². The molecule has 0 aromatic rings. The molecular formula is C13H23N3O2. The summed E-state index contributed by atoms with van der Waals surface area (Å²) in [4.78, 5) is 23.4. The minimum atomic E-state index is -0.711. The lowest BCUT2D eigenvalue weighted by molar-refractivity contribution is -0.129. The van der Waals surface area contributed by atoms with Gasteiger partial charge in [0.2, 0.25) is 11.8 Å². The van der Waals surface area contributed by atoms with Crippen molar-refractivity contribution in [3.8, 4) is 0 Å². The number of nitrogens with one attached hydrogen (secondary N) is 1. The number of carbonyl (C=O) groups excluding carboxylic acids is 2. The number of amides is 2. The van der Waals surface area contributed by atoms with Crippen LogP contribution >= 0.6 is 0 Å². The van der Waals surface area contributed by atoms with Gasteiger partial charge in [-0.05, 0) is 44.9 Å². The second kappa shape index (κ2) is 4.53. The highest BCUT2D eigenvalue weighted by atomic mass is 16.2. The van der Waals surface area contributed by atoms with E-state index in [-0.39, 0.29) is 24.4 Å². The van der Waals surface area contributed by atoms with Crippen molar-refractivity contribution in [3.05, 3.63) is 0 Å². The van der Waals surface area contributed by atoms with Crippen molar-refractivity contribution in [1.29, 1.82) is 0 Å². The van der Waals surface area contributed by atoms with E-state index < -0.39 is 11.3 Å². The van der Waals surface area contributed by atoms with Crippen LogP contribution in [0.3, 0.4) is 0 Å². The monoisotopic (exact) mass is 253 g/mol. The lowest BCUT2D eigenvalue weighted by Crippen LogP contribution is -2.49. The summed E-state index contributed by atoms with van der Waals surface area (Å²) in [6.07, 6.45) is 3.34. The number of hydrogen-bond acceptors (Lipinski definition) is 3. The third-order valence-corrected chi connectivity index (χ3v) is 4.65. The molecule has 0 aromatic carbocycles. The molecule has 18 heavy (non-hydrogen) atoms. The Morgan fingerprint density at radius 1 is 1.28 bits per heavy atom. The molecule has 0 heterocycles. The minimum Gasteiger partial charge on any atom is -0.369 e. The van der Waals surface area contributed by atoms with Crippen molar-refractivity contribution >= 4 is 11.8 Å². The first kappa shape index (κ1) is 13.3. The van der Waals surface area contributed by atoms with E-state index in [9.17, 15) is 9.59 Å². The number of primary amides is 1. The van der Waals surface area contributed by atoms with Crippen molar-refractivity contribution in [2.45, 2.75) is 39.2 Å². The van der Waals surface area contributed by atoms with Gasteiger partial charge >= 0.3 is 0 Å². The Morgan fingerprint density at radius 3 is 2.39 bits per heavy atom. The summed E-state index contributed by atoms with van der Waals surface area (Å²) in [5, 5.41) is 2.84. The first-order valence-corrected chi connectivity index (χ1v) is 6.66. The van der Waals surface area contributed by atoms with Crippen LogP contribution in [0.5, 0.6) is 0 Å². The third-order valence-electron chi connectivity index (χ3n) is 4.65. The summed E-state index contributed by atoms with van der Waals surface area (Å²) >= 11 is 0. The van der Waals surface area contributed by atoms with Crippen molar-refractivity contribution in [2.75, 3.05) is 6.54 Å². The average molecular weight is 253 g/mol. The quantitative estimate of drug-likeness (QED) is 0.657. The van der Waals surface area contributed by atoms with Gasteiger partial charge in [0.05, 0.1) is 11.3 Å². The van der Waals surface area contributed by atoms with Crippen LogP contribution in [0.25, 0.3) is 0 Å². The Kier molecular flexibility index (Phi) is 3.36. The third kappa shape index (κ3) is 2.23. The first-order chi connectivity index (χ1) is 8.33. The molecule has 5 heteroatoms. The van der Waals surface area contributed by atoms with Gasteiger partial charge in [-0.3, -0.25) is 9.59 Å². The van der Waals surface area contributed by atoms with E-state index in [1.807, 2.05) is 0 Å². The summed E-state index contributed by atoms with van der Waals surface area (Å²) in [6.45, 7) is 3.74. The summed E-state index contributed by atoms with van der Waals surface area (Å²) in [7, 11) is 0. The van der Waals surface area contributed by atoms with Gasteiger partial charge in [0, 0.05) is 12.6 Å². The van der Waals surface area contributed by atoms with Gasteiger partial charge < -0.3 is 16.8 Å². The number of carbonyl (C=O) groups is 2. The number of hydrogen-bond donors (Lipinski definition) is 3. The number of rotatable bonds is 4. The Morgan fingerprint density at radius 2 is 1.89 bits per heavy atom. The molecule has 2 aliphatic rings. The van der Waals surface area contributed by atoms with Gasteiger partial charge in [-0.2, -0.15) is 0 Å². The van der Waals surface area contributed by atoms with E-state index in [4.69, 9.17) is 11.5 Å². The summed E-state index contributed by atoms with van der Waals surface area (Å²) in [5.74, 6) is 0.452. The second-order valence-corrected chi connectivity index (χ2v) is 6.40. The lowest BCUT2D eigenvalue weighted by Gasteiger charge is -2.28. The Labute approximate surface area is 108 Å². The van der Waals surface area contributed by atoms with E-state index in [1.54, 1.807) is 13.8 Å². The smallest absolute Gasteiger partial charge is 0.225 e. The molecule has 2 rings (SSSR count). The van der Waals surface area contributed by atoms with Crippen LogP contribution in [0.15, 0.2) is 0 Å². The first-order valence-electron chi connectivity index (χ1n) is 6.66. The van der Waals surface area contributed by atoms with Crippen LogP contribution in [-0.2, 0) is 9.59 Å². The molecule has 0 radical (unpaired) electrons. The molecule has 5 N–H and O–H groups in total. The van der Waals surface area contributed by atoms with E-state index in [0.717, 1.165) is 19.3 Å². The van der Waals surface area contributed by atoms with Gasteiger partial charge in [-0.15, -0.1) is 0 Å². The Balaban J connectivity index is 1.91. The summed E-state index contributed by atoms with van der Waals surface area (Å²) in [6, 6.07) is -0.0135. The topological polar surface area (TPSA) is 98.2 Å². The van der Waals surface area contributed by atoms with Crippen molar-refractivity contribution in [2.24, 2.45) is 34.6 Å². The Hall–Kier alpha value is -1.10. The minimum absolute atomic E-state index is 0.0102. The molecule has 2 aliphatic carbocycles. The van der Waals surface area contributed by atoms with Gasteiger partial charge in [0.25, 0.3) is 0 Å². The molecule has 0 aliphatic heterocycles. The van der Waals surface area contributed by atoms with Gasteiger partial charge in [0.1, 0.15) is 0 Å². The zero-order chi connectivity index (χ0) is 13.5. The maximum atomic E-state index is 12.2. The highest BCUT2D eigenvalue weighted by Crippen LogP contribution is 2.47. The van der Waals surface area contributed by atoms with E-state index in [1.165, 1.54) is 0 Å². The van der Waals surface area contributed by atoms with Crippen LogP contribution in [0.1, 0.15) is 33.1 Å². The fourth-order valence-corrected chi connectivity index (χ4v) is 3.24.